The van der Waals surface area contributed by atoms with E-state index >= 15 is 0 Å². The number of aliphatic imine (C=N–C) groups is 1. The Bertz CT molecular complexity index is 483. The molecule has 0 aliphatic carbocycles. The van der Waals surface area contributed by atoms with Crippen LogP contribution in [0.25, 0.3) is 0 Å². The Kier molecular flexibility index (Phi) is 4.51. The molecule has 0 aliphatic rings. The summed E-state index contributed by atoms with van der Waals surface area (Å²) in [5, 5.41) is 0. The molecule has 1 aromatic carbocycles. The van der Waals surface area contributed by atoms with Crippen molar-refractivity contribution in [2.75, 3.05) is 25.6 Å². The Morgan fingerprint density at radius 2 is 1.94 bits per heavy atom. The van der Waals surface area contributed by atoms with Crippen LogP contribution in [0.1, 0.15) is 0 Å². The van der Waals surface area contributed by atoms with Crippen LogP contribution in [-0.2, 0) is 9.84 Å². The predicted octanol–water partition coefficient (Wildman–Crippen LogP) is 0.609. The van der Waals surface area contributed by atoms with Gasteiger partial charge in [0.2, 0.25) is 0 Å². The van der Waals surface area contributed by atoms with Gasteiger partial charge in [0, 0.05) is 19.8 Å². The molecule has 0 atom stereocenters. The summed E-state index contributed by atoms with van der Waals surface area (Å²) in [5.74, 6) is 0.369. The van der Waals surface area contributed by atoms with Gasteiger partial charge in [-0.05, 0) is 12.1 Å². The molecule has 0 fully saturated rings. The molecule has 0 unspecified atom stereocenters. The highest BCUT2D eigenvalue weighted by atomic mass is 32.2. The standard InChI is InChI=1S/C11H17N3O2S/c1-14(8-9-17(2,15)16)11(12)13-10-6-4-3-5-7-10/h3-7H,8-9H2,1-2H3,(H2,12,13). The van der Waals surface area contributed by atoms with Crippen LogP contribution in [0.4, 0.5) is 5.69 Å². The first-order valence-corrected chi connectivity index (χ1v) is 7.22. The molecule has 17 heavy (non-hydrogen) atoms. The molecule has 0 aliphatic heterocycles. The summed E-state index contributed by atoms with van der Waals surface area (Å²) in [6.07, 6.45) is 1.20. The number of para-hydroxylation sites is 1. The Labute approximate surface area is 102 Å². The Balaban J connectivity index is 2.64. The first kappa shape index (κ1) is 13.5. The van der Waals surface area contributed by atoms with Crippen molar-refractivity contribution >= 4 is 21.5 Å². The van der Waals surface area contributed by atoms with Gasteiger partial charge >= 0.3 is 0 Å². The molecule has 1 aromatic rings. The van der Waals surface area contributed by atoms with Gasteiger partial charge in [-0.2, -0.15) is 0 Å². The minimum absolute atomic E-state index is 0.0640. The van der Waals surface area contributed by atoms with Crippen LogP contribution in [0.2, 0.25) is 0 Å². The molecular weight excluding hydrogens is 238 g/mol. The maximum atomic E-state index is 11.0. The zero-order chi connectivity index (χ0) is 12.9. The lowest BCUT2D eigenvalue weighted by atomic mass is 10.3. The minimum Gasteiger partial charge on any atom is -0.369 e. The largest absolute Gasteiger partial charge is 0.369 e. The third-order valence-electron chi connectivity index (χ3n) is 2.19. The highest BCUT2D eigenvalue weighted by Crippen LogP contribution is 2.09. The van der Waals surface area contributed by atoms with E-state index in [-0.39, 0.29) is 5.75 Å². The van der Waals surface area contributed by atoms with Crippen LogP contribution in [-0.4, -0.2) is 44.9 Å². The second-order valence-electron chi connectivity index (χ2n) is 3.86. The Morgan fingerprint density at radius 3 is 2.47 bits per heavy atom. The summed E-state index contributed by atoms with van der Waals surface area (Å²) in [5.41, 5.74) is 6.51. The van der Waals surface area contributed by atoms with E-state index in [1.807, 2.05) is 30.3 Å². The Morgan fingerprint density at radius 1 is 1.35 bits per heavy atom. The molecule has 2 N–H and O–H groups in total. The van der Waals surface area contributed by atoms with E-state index in [2.05, 4.69) is 4.99 Å². The number of nitrogens with zero attached hydrogens (tertiary/aromatic N) is 2. The lowest BCUT2D eigenvalue weighted by molar-refractivity contribution is 0.521. The van der Waals surface area contributed by atoms with Gasteiger partial charge in [-0.1, -0.05) is 18.2 Å². The normalized spacial score (nSPS) is 12.5. The van der Waals surface area contributed by atoms with E-state index in [0.29, 0.717) is 12.5 Å². The highest BCUT2D eigenvalue weighted by Gasteiger charge is 2.07. The van der Waals surface area contributed by atoms with Crippen molar-refractivity contribution < 1.29 is 8.42 Å². The van der Waals surface area contributed by atoms with Gasteiger partial charge in [-0.25, -0.2) is 13.4 Å². The third kappa shape index (κ3) is 5.35. The van der Waals surface area contributed by atoms with Crippen molar-refractivity contribution in [3.05, 3.63) is 30.3 Å². The number of rotatable bonds is 4. The SMILES string of the molecule is CN(CCS(C)(=O)=O)C(N)=Nc1ccccc1. The average molecular weight is 255 g/mol. The van der Waals surface area contributed by atoms with Crippen molar-refractivity contribution in [2.24, 2.45) is 10.7 Å². The van der Waals surface area contributed by atoms with Crippen molar-refractivity contribution in [3.63, 3.8) is 0 Å². The average Bonchev–Trinajstić information content (AvgIpc) is 2.26. The number of sulfone groups is 1. The van der Waals surface area contributed by atoms with Gasteiger partial charge in [-0.3, -0.25) is 0 Å². The molecule has 1 rings (SSSR count). The molecule has 5 nitrogen and oxygen atoms in total. The maximum absolute atomic E-state index is 11.0. The van der Waals surface area contributed by atoms with E-state index in [1.54, 1.807) is 11.9 Å². The molecule has 94 valence electrons. The zero-order valence-corrected chi connectivity index (χ0v) is 10.8. The van der Waals surface area contributed by atoms with Crippen LogP contribution in [0.5, 0.6) is 0 Å². The fourth-order valence-electron chi connectivity index (χ4n) is 1.14. The van der Waals surface area contributed by atoms with Gasteiger partial charge in [-0.15, -0.1) is 0 Å². The van der Waals surface area contributed by atoms with Crippen molar-refractivity contribution in [2.45, 2.75) is 0 Å². The van der Waals surface area contributed by atoms with Crippen molar-refractivity contribution in [1.29, 1.82) is 0 Å². The molecule has 6 heteroatoms. The lowest BCUT2D eigenvalue weighted by Crippen LogP contribution is -2.36. The molecule has 0 saturated heterocycles. The monoisotopic (exact) mass is 255 g/mol. The van der Waals surface area contributed by atoms with Gasteiger partial charge in [0.25, 0.3) is 0 Å². The third-order valence-corrected chi connectivity index (χ3v) is 3.11. The highest BCUT2D eigenvalue weighted by molar-refractivity contribution is 7.90. The second kappa shape index (κ2) is 5.67. The van der Waals surface area contributed by atoms with Crippen LogP contribution in [0, 0.1) is 0 Å². The molecule has 0 aromatic heterocycles. The fourth-order valence-corrected chi connectivity index (χ4v) is 1.74. The lowest BCUT2D eigenvalue weighted by Gasteiger charge is -2.17. The van der Waals surface area contributed by atoms with E-state index < -0.39 is 9.84 Å². The van der Waals surface area contributed by atoms with Crippen LogP contribution >= 0.6 is 0 Å². The first-order valence-electron chi connectivity index (χ1n) is 5.16. The predicted molar refractivity (Wildman–Crippen MR) is 70.1 cm³/mol. The summed E-state index contributed by atoms with van der Waals surface area (Å²) in [6.45, 7) is 0.334. The molecular formula is C11H17N3O2S. The molecule has 0 spiro atoms. The summed E-state index contributed by atoms with van der Waals surface area (Å²) in [6, 6.07) is 9.28. The number of hydrogen-bond acceptors (Lipinski definition) is 3. The van der Waals surface area contributed by atoms with Crippen molar-refractivity contribution in [3.8, 4) is 0 Å². The van der Waals surface area contributed by atoms with Gasteiger partial charge in [0.1, 0.15) is 9.84 Å². The van der Waals surface area contributed by atoms with Crippen LogP contribution in [0.15, 0.2) is 35.3 Å². The topological polar surface area (TPSA) is 75.8 Å². The fraction of sp³-hybridized carbons (Fsp3) is 0.364. The summed E-state index contributed by atoms with van der Waals surface area (Å²) in [7, 11) is -1.26. The molecule has 0 bridgehead atoms. The number of hydrogen-bond donors (Lipinski definition) is 1. The Hall–Kier alpha value is -1.56. The summed E-state index contributed by atoms with van der Waals surface area (Å²) >= 11 is 0. The van der Waals surface area contributed by atoms with Gasteiger partial charge < -0.3 is 10.6 Å². The number of nitrogens with two attached hydrogens (primary N) is 1. The second-order valence-corrected chi connectivity index (χ2v) is 6.12. The smallest absolute Gasteiger partial charge is 0.196 e. The summed E-state index contributed by atoms with van der Waals surface area (Å²) < 4.78 is 22.0. The number of guanidine groups is 1. The van der Waals surface area contributed by atoms with E-state index in [9.17, 15) is 8.42 Å². The first-order chi connectivity index (χ1) is 7.88. The number of benzene rings is 1. The molecule has 0 radical (unpaired) electrons. The van der Waals surface area contributed by atoms with E-state index in [4.69, 9.17) is 5.73 Å². The molecule has 0 amide bonds. The van der Waals surface area contributed by atoms with E-state index in [0.717, 1.165) is 5.69 Å². The van der Waals surface area contributed by atoms with Crippen LogP contribution in [0.3, 0.4) is 0 Å². The molecule has 0 saturated carbocycles. The van der Waals surface area contributed by atoms with Gasteiger partial charge in [0.05, 0.1) is 11.4 Å². The van der Waals surface area contributed by atoms with Crippen LogP contribution < -0.4 is 5.73 Å². The van der Waals surface area contributed by atoms with E-state index in [1.165, 1.54) is 6.26 Å². The summed E-state index contributed by atoms with van der Waals surface area (Å²) in [4.78, 5) is 5.80. The zero-order valence-electron chi connectivity index (χ0n) is 10.00. The molecule has 0 heterocycles. The minimum atomic E-state index is -2.98. The van der Waals surface area contributed by atoms with Gasteiger partial charge in [0.15, 0.2) is 5.96 Å². The maximum Gasteiger partial charge on any atom is 0.196 e. The quantitative estimate of drug-likeness (QED) is 0.632. The van der Waals surface area contributed by atoms with Crippen molar-refractivity contribution in [1.82, 2.24) is 4.90 Å².